The van der Waals surface area contributed by atoms with E-state index in [0.29, 0.717) is 18.9 Å². The fraction of sp³-hybridized carbons (Fsp3) is 0.588. The molecule has 0 radical (unpaired) electrons. The molecule has 0 saturated carbocycles. The number of piperidine rings is 1. The highest BCUT2D eigenvalue weighted by Gasteiger charge is 2.36. The third-order valence-corrected chi connectivity index (χ3v) is 5.93. The highest BCUT2D eigenvalue weighted by Crippen LogP contribution is 2.35. The number of ether oxygens (including phenoxy) is 1. The molecule has 0 aliphatic carbocycles. The third-order valence-electron chi connectivity index (χ3n) is 4.07. The highest BCUT2D eigenvalue weighted by molar-refractivity contribution is 7.89. The van der Waals surface area contributed by atoms with Gasteiger partial charge in [-0.15, -0.1) is 0 Å². The molecule has 1 heterocycles. The number of halogens is 3. The molecule has 0 bridgehead atoms. The molecule has 0 spiro atoms. The van der Waals surface area contributed by atoms with Gasteiger partial charge in [-0.05, 0) is 51.8 Å². The molecule has 7 nitrogen and oxygen atoms in total. The van der Waals surface area contributed by atoms with E-state index < -0.39 is 50.1 Å². The zero-order chi connectivity index (χ0) is 21.3. The Morgan fingerprint density at radius 3 is 2.50 bits per heavy atom. The van der Waals surface area contributed by atoms with Crippen molar-refractivity contribution in [3.8, 4) is 0 Å². The number of nitrogens with one attached hydrogen (secondary N) is 1. The number of alkyl halides is 3. The summed E-state index contributed by atoms with van der Waals surface area (Å²) in [4.78, 5) is 11.4. The molecule has 28 heavy (non-hydrogen) atoms. The predicted molar refractivity (Wildman–Crippen MR) is 97.0 cm³/mol. The first kappa shape index (κ1) is 22.3. The summed E-state index contributed by atoms with van der Waals surface area (Å²) in [5, 5.41) is 2.61. The van der Waals surface area contributed by atoms with Crippen molar-refractivity contribution in [1.29, 1.82) is 0 Å². The maximum absolute atomic E-state index is 13.1. The van der Waals surface area contributed by atoms with Crippen LogP contribution in [0.4, 0.5) is 23.7 Å². The maximum atomic E-state index is 13.1. The average molecular weight is 423 g/mol. The second-order valence-corrected chi connectivity index (χ2v) is 9.53. The Morgan fingerprint density at radius 1 is 1.29 bits per heavy atom. The molecule has 1 fully saturated rings. The molecule has 1 aromatic rings. The second-order valence-electron chi connectivity index (χ2n) is 7.60. The van der Waals surface area contributed by atoms with Crippen LogP contribution in [0, 0.1) is 0 Å². The van der Waals surface area contributed by atoms with Gasteiger partial charge in [-0.25, -0.2) is 13.2 Å². The number of nitrogen functional groups attached to an aromatic ring is 1. The van der Waals surface area contributed by atoms with Crippen LogP contribution in [0.1, 0.15) is 39.2 Å². The van der Waals surface area contributed by atoms with E-state index >= 15 is 0 Å². The first-order valence-corrected chi connectivity index (χ1v) is 10.1. The minimum absolute atomic E-state index is 0.0622. The SMILES string of the molecule is CC(C)(C)OC(=O)NC1CCCN(S(=O)(=O)c2ccc(N)c(C(F)(F)F)c2)C1. The summed E-state index contributed by atoms with van der Waals surface area (Å²) in [6, 6.07) is 2.01. The maximum Gasteiger partial charge on any atom is 0.418 e. The van der Waals surface area contributed by atoms with Gasteiger partial charge in [-0.1, -0.05) is 0 Å². The molecule has 3 N–H and O–H groups in total. The van der Waals surface area contributed by atoms with Gasteiger partial charge in [0.2, 0.25) is 10.0 Å². The minimum atomic E-state index is -4.77. The van der Waals surface area contributed by atoms with E-state index in [1.165, 1.54) is 0 Å². The van der Waals surface area contributed by atoms with Gasteiger partial charge in [0.15, 0.2) is 0 Å². The Bertz CT molecular complexity index is 835. The number of carbonyl (C=O) groups is 1. The molecule has 1 atom stereocenters. The van der Waals surface area contributed by atoms with Gasteiger partial charge in [0, 0.05) is 24.8 Å². The molecule has 1 aromatic carbocycles. The first-order valence-electron chi connectivity index (χ1n) is 8.66. The van der Waals surface area contributed by atoms with Crippen molar-refractivity contribution in [3.63, 3.8) is 0 Å². The fourth-order valence-corrected chi connectivity index (χ4v) is 4.39. The smallest absolute Gasteiger partial charge is 0.418 e. The molecule has 158 valence electrons. The monoisotopic (exact) mass is 423 g/mol. The van der Waals surface area contributed by atoms with Crippen LogP contribution in [0.15, 0.2) is 23.1 Å². The lowest BCUT2D eigenvalue weighted by atomic mass is 10.1. The number of benzene rings is 1. The van der Waals surface area contributed by atoms with Crippen molar-refractivity contribution in [2.45, 2.75) is 56.3 Å². The number of alkyl carbamates (subject to hydrolysis) is 1. The van der Waals surface area contributed by atoms with Crippen molar-refractivity contribution in [3.05, 3.63) is 23.8 Å². The third kappa shape index (κ3) is 5.51. The minimum Gasteiger partial charge on any atom is -0.444 e. The van der Waals surface area contributed by atoms with Crippen molar-refractivity contribution >= 4 is 21.8 Å². The van der Waals surface area contributed by atoms with Crippen LogP contribution in [-0.4, -0.2) is 43.5 Å². The standard InChI is InChI=1S/C17H24F3N3O4S/c1-16(2,3)27-15(24)22-11-5-4-8-23(10-11)28(25,26)12-6-7-14(21)13(9-12)17(18,19)20/h6-7,9,11H,4-5,8,10,21H2,1-3H3,(H,22,24). The van der Waals surface area contributed by atoms with Gasteiger partial charge in [-0.2, -0.15) is 17.5 Å². The lowest BCUT2D eigenvalue weighted by Crippen LogP contribution is -2.50. The van der Waals surface area contributed by atoms with Crippen LogP contribution in [-0.2, 0) is 20.9 Å². The summed E-state index contributed by atoms with van der Waals surface area (Å²) >= 11 is 0. The molecular formula is C17H24F3N3O4S. The number of amides is 1. The van der Waals surface area contributed by atoms with Gasteiger partial charge >= 0.3 is 12.3 Å². The van der Waals surface area contributed by atoms with E-state index in [9.17, 15) is 26.4 Å². The molecule has 11 heteroatoms. The lowest BCUT2D eigenvalue weighted by Gasteiger charge is -2.33. The zero-order valence-corrected chi connectivity index (χ0v) is 16.7. The molecule has 1 saturated heterocycles. The summed E-state index contributed by atoms with van der Waals surface area (Å²) in [5.74, 6) is 0. The van der Waals surface area contributed by atoms with Gasteiger partial charge < -0.3 is 15.8 Å². The zero-order valence-electron chi connectivity index (χ0n) is 15.8. The van der Waals surface area contributed by atoms with Crippen molar-refractivity contribution in [2.75, 3.05) is 18.8 Å². The lowest BCUT2D eigenvalue weighted by molar-refractivity contribution is -0.137. The molecule has 2 rings (SSSR count). The Balaban J connectivity index is 2.19. The average Bonchev–Trinajstić information content (AvgIpc) is 2.52. The number of carbonyl (C=O) groups excluding carboxylic acids is 1. The Kier molecular flexibility index (Phi) is 6.19. The van der Waals surface area contributed by atoms with Crippen molar-refractivity contribution in [2.24, 2.45) is 0 Å². The van der Waals surface area contributed by atoms with Crippen LogP contribution >= 0.6 is 0 Å². The van der Waals surface area contributed by atoms with Crippen LogP contribution in [0.25, 0.3) is 0 Å². The predicted octanol–water partition coefficient (Wildman–Crippen LogP) is 2.97. The van der Waals surface area contributed by atoms with E-state index in [1.807, 2.05) is 0 Å². The fourth-order valence-electron chi connectivity index (χ4n) is 2.84. The number of rotatable bonds is 3. The van der Waals surface area contributed by atoms with Crippen molar-refractivity contribution < 1.29 is 31.1 Å². The first-order chi connectivity index (χ1) is 12.7. The number of hydrogen-bond acceptors (Lipinski definition) is 5. The summed E-state index contributed by atoms with van der Waals surface area (Å²) in [6.45, 7) is 5.17. The second kappa shape index (κ2) is 7.78. The quantitative estimate of drug-likeness (QED) is 0.728. The molecular weight excluding hydrogens is 399 g/mol. The number of nitrogens with two attached hydrogens (primary N) is 1. The van der Waals surface area contributed by atoms with E-state index in [-0.39, 0.29) is 13.1 Å². The Hall–Kier alpha value is -2.01. The highest BCUT2D eigenvalue weighted by atomic mass is 32.2. The molecule has 1 aliphatic rings. The summed E-state index contributed by atoms with van der Waals surface area (Å²) in [7, 11) is -4.18. The molecule has 1 aliphatic heterocycles. The van der Waals surface area contributed by atoms with Crippen LogP contribution in [0.3, 0.4) is 0 Å². The molecule has 1 unspecified atom stereocenters. The van der Waals surface area contributed by atoms with E-state index in [4.69, 9.17) is 10.5 Å². The van der Waals surface area contributed by atoms with Gasteiger partial charge in [0.1, 0.15) is 5.60 Å². The van der Waals surface area contributed by atoms with E-state index in [0.717, 1.165) is 16.4 Å². The number of nitrogens with zero attached hydrogens (tertiary/aromatic N) is 1. The number of anilines is 1. The number of sulfonamides is 1. The number of hydrogen-bond donors (Lipinski definition) is 2. The van der Waals surface area contributed by atoms with Crippen LogP contribution in [0.5, 0.6) is 0 Å². The summed E-state index contributed by atoms with van der Waals surface area (Å²) < 4.78 is 71.0. The Morgan fingerprint density at radius 2 is 1.93 bits per heavy atom. The van der Waals surface area contributed by atoms with E-state index in [2.05, 4.69) is 5.32 Å². The van der Waals surface area contributed by atoms with Crippen molar-refractivity contribution in [1.82, 2.24) is 9.62 Å². The largest absolute Gasteiger partial charge is 0.444 e. The van der Waals surface area contributed by atoms with Crippen LogP contribution in [0.2, 0.25) is 0 Å². The Labute approximate surface area is 162 Å². The molecule has 1 amide bonds. The summed E-state index contributed by atoms with van der Waals surface area (Å²) in [6.07, 6.45) is -4.47. The van der Waals surface area contributed by atoms with Gasteiger partial charge in [0.25, 0.3) is 0 Å². The van der Waals surface area contributed by atoms with E-state index in [1.54, 1.807) is 20.8 Å². The topological polar surface area (TPSA) is 102 Å². The van der Waals surface area contributed by atoms with Gasteiger partial charge in [-0.3, -0.25) is 0 Å². The normalized spacial score (nSPS) is 19.3. The van der Waals surface area contributed by atoms with Gasteiger partial charge in [0.05, 0.1) is 10.5 Å². The molecule has 0 aromatic heterocycles. The van der Waals surface area contributed by atoms with Crippen LogP contribution < -0.4 is 11.1 Å². The summed E-state index contributed by atoms with van der Waals surface area (Å²) in [5.41, 5.74) is 2.88.